The quantitative estimate of drug-likeness (QED) is 0.368. The Morgan fingerprint density at radius 3 is 2.33 bits per heavy atom. The van der Waals surface area contributed by atoms with E-state index < -0.39 is 5.97 Å². The largest absolute Gasteiger partial charge is 0.423 e. The van der Waals surface area contributed by atoms with Crippen LogP contribution in [-0.4, -0.2) is 11.8 Å². The third kappa shape index (κ3) is 4.29. The van der Waals surface area contributed by atoms with Gasteiger partial charge in [-0.25, -0.2) is 4.79 Å². The molecule has 0 fully saturated rings. The van der Waals surface area contributed by atoms with Crippen LogP contribution in [0.4, 0.5) is 0 Å². The summed E-state index contributed by atoms with van der Waals surface area (Å²) in [5.74, 6) is -0.161. The van der Waals surface area contributed by atoms with Gasteiger partial charge in [0.2, 0.25) is 0 Å². The molecule has 0 bridgehead atoms. The molecular formula is C17H13ClO3. The zero-order valence-corrected chi connectivity index (χ0v) is 12.1. The summed E-state index contributed by atoms with van der Waals surface area (Å²) >= 11 is 5.98. The Labute approximate surface area is 127 Å². The first-order chi connectivity index (χ1) is 10.1. The second kappa shape index (κ2) is 6.86. The highest BCUT2D eigenvalue weighted by molar-refractivity contribution is 6.32. The molecule has 3 nitrogen and oxygen atoms in total. The Bertz CT molecular complexity index is 687. The van der Waals surface area contributed by atoms with Crippen molar-refractivity contribution in [2.75, 3.05) is 0 Å². The fourth-order valence-corrected chi connectivity index (χ4v) is 1.87. The van der Waals surface area contributed by atoms with Crippen LogP contribution in [0.5, 0.6) is 5.75 Å². The molecule has 0 saturated carbocycles. The van der Waals surface area contributed by atoms with E-state index in [2.05, 4.69) is 0 Å². The van der Waals surface area contributed by atoms with Crippen LogP contribution in [-0.2, 0) is 4.79 Å². The predicted octanol–water partition coefficient (Wildman–Crippen LogP) is 4.16. The van der Waals surface area contributed by atoms with Gasteiger partial charge in [-0.1, -0.05) is 29.8 Å². The maximum absolute atomic E-state index is 11.7. The number of Topliss-reactive ketones (excluding diaryl/α,β-unsaturated/α-hetero) is 1. The lowest BCUT2D eigenvalue weighted by molar-refractivity contribution is -0.128. The standard InChI is InChI=1S/C17H13ClO3/c1-12(19)13-6-9-15(10-7-13)21-17(20)11-8-14-4-2-3-5-16(14)18/h2-11H,1H3/b11-8+. The molecule has 2 aromatic carbocycles. The van der Waals surface area contributed by atoms with Gasteiger partial charge < -0.3 is 4.74 Å². The van der Waals surface area contributed by atoms with Crippen LogP contribution in [0.1, 0.15) is 22.8 Å². The molecule has 2 rings (SSSR count). The number of carbonyl (C=O) groups excluding carboxylic acids is 2. The smallest absolute Gasteiger partial charge is 0.336 e. The summed E-state index contributed by atoms with van der Waals surface area (Å²) < 4.78 is 5.13. The molecule has 4 heteroatoms. The van der Waals surface area contributed by atoms with Gasteiger partial charge >= 0.3 is 5.97 Å². The topological polar surface area (TPSA) is 43.4 Å². The van der Waals surface area contributed by atoms with E-state index in [0.29, 0.717) is 16.3 Å². The number of carbonyl (C=O) groups is 2. The first-order valence-corrected chi connectivity index (χ1v) is 6.69. The summed E-state index contributed by atoms with van der Waals surface area (Å²) in [6.45, 7) is 1.48. The molecule has 0 N–H and O–H groups in total. The monoisotopic (exact) mass is 300 g/mol. The second-order valence-corrected chi connectivity index (χ2v) is 4.76. The summed E-state index contributed by atoms with van der Waals surface area (Å²) in [6.07, 6.45) is 2.90. The van der Waals surface area contributed by atoms with Crippen molar-refractivity contribution in [3.05, 3.63) is 70.8 Å². The van der Waals surface area contributed by atoms with Crippen molar-refractivity contribution in [1.29, 1.82) is 0 Å². The van der Waals surface area contributed by atoms with Gasteiger partial charge in [0.15, 0.2) is 5.78 Å². The lowest BCUT2D eigenvalue weighted by Gasteiger charge is -2.02. The number of esters is 1. The number of hydrogen-bond donors (Lipinski definition) is 0. The molecular weight excluding hydrogens is 288 g/mol. The summed E-state index contributed by atoms with van der Waals surface area (Å²) in [5, 5.41) is 0.562. The maximum Gasteiger partial charge on any atom is 0.336 e. The third-order valence-electron chi connectivity index (χ3n) is 2.78. The van der Waals surface area contributed by atoms with Gasteiger partial charge in [0.1, 0.15) is 5.75 Å². The molecule has 106 valence electrons. The lowest BCUT2D eigenvalue weighted by atomic mass is 10.1. The zero-order valence-electron chi connectivity index (χ0n) is 11.4. The van der Waals surface area contributed by atoms with Crippen molar-refractivity contribution in [1.82, 2.24) is 0 Å². The minimum absolute atomic E-state index is 0.0357. The minimum atomic E-state index is -0.509. The molecule has 0 aliphatic heterocycles. The number of ketones is 1. The van der Waals surface area contributed by atoms with Crippen LogP contribution in [0.3, 0.4) is 0 Å². The number of benzene rings is 2. The molecule has 0 heterocycles. The average molecular weight is 301 g/mol. The van der Waals surface area contributed by atoms with Gasteiger partial charge in [-0.3, -0.25) is 4.79 Å². The van der Waals surface area contributed by atoms with Crippen molar-refractivity contribution < 1.29 is 14.3 Å². The first-order valence-electron chi connectivity index (χ1n) is 6.31. The van der Waals surface area contributed by atoms with Gasteiger partial charge in [-0.2, -0.15) is 0 Å². The van der Waals surface area contributed by atoms with Crippen molar-refractivity contribution in [2.45, 2.75) is 6.92 Å². The van der Waals surface area contributed by atoms with Gasteiger partial charge in [0.25, 0.3) is 0 Å². The summed E-state index contributed by atoms with van der Waals surface area (Å²) in [7, 11) is 0. The SMILES string of the molecule is CC(=O)c1ccc(OC(=O)/C=C/c2ccccc2Cl)cc1. The molecule has 0 radical (unpaired) electrons. The molecule has 0 spiro atoms. The highest BCUT2D eigenvalue weighted by Gasteiger charge is 2.03. The molecule has 0 atom stereocenters. The predicted molar refractivity (Wildman–Crippen MR) is 82.6 cm³/mol. The lowest BCUT2D eigenvalue weighted by Crippen LogP contribution is -2.04. The van der Waals surface area contributed by atoms with E-state index in [1.165, 1.54) is 13.0 Å². The molecule has 21 heavy (non-hydrogen) atoms. The summed E-state index contributed by atoms with van der Waals surface area (Å²) in [6, 6.07) is 13.6. The first kappa shape index (κ1) is 15.0. The second-order valence-electron chi connectivity index (χ2n) is 4.36. The normalized spacial score (nSPS) is 10.6. The Balaban J connectivity index is 2.02. The molecule has 2 aromatic rings. The highest BCUT2D eigenvalue weighted by atomic mass is 35.5. The number of halogens is 1. The number of hydrogen-bond acceptors (Lipinski definition) is 3. The van der Waals surface area contributed by atoms with Gasteiger partial charge in [-0.05, 0) is 48.9 Å². The van der Waals surface area contributed by atoms with Crippen LogP contribution in [0, 0.1) is 0 Å². The van der Waals surface area contributed by atoms with E-state index in [1.807, 2.05) is 12.1 Å². The maximum atomic E-state index is 11.7. The van der Waals surface area contributed by atoms with Crippen LogP contribution in [0.2, 0.25) is 5.02 Å². The van der Waals surface area contributed by atoms with Gasteiger partial charge in [0.05, 0.1) is 0 Å². The molecule has 0 unspecified atom stereocenters. The number of ether oxygens (including phenoxy) is 1. The fourth-order valence-electron chi connectivity index (χ4n) is 1.68. The van der Waals surface area contributed by atoms with E-state index in [-0.39, 0.29) is 5.78 Å². The van der Waals surface area contributed by atoms with Gasteiger partial charge in [-0.15, -0.1) is 0 Å². The van der Waals surface area contributed by atoms with Crippen molar-refractivity contribution >= 4 is 29.4 Å². The van der Waals surface area contributed by atoms with Crippen LogP contribution >= 0.6 is 11.6 Å². The average Bonchev–Trinajstić information content (AvgIpc) is 2.47. The Morgan fingerprint density at radius 2 is 1.71 bits per heavy atom. The molecule has 0 amide bonds. The van der Waals surface area contributed by atoms with Crippen LogP contribution in [0.25, 0.3) is 6.08 Å². The Kier molecular flexibility index (Phi) is 4.90. The number of rotatable bonds is 4. The van der Waals surface area contributed by atoms with E-state index in [0.717, 1.165) is 5.56 Å². The fraction of sp³-hybridized carbons (Fsp3) is 0.0588. The van der Waals surface area contributed by atoms with Crippen molar-refractivity contribution in [3.63, 3.8) is 0 Å². The van der Waals surface area contributed by atoms with E-state index >= 15 is 0 Å². The van der Waals surface area contributed by atoms with Gasteiger partial charge in [0, 0.05) is 16.7 Å². The van der Waals surface area contributed by atoms with E-state index in [9.17, 15) is 9.59 Å². The van der Waals surface area contributed by atoms with Crippen LogP contribution < -0.4 is 4.74 Å². The van der Waals surface area contributed by atoms with Crippen molar-refractivity contribution in [3.8, 4) is 5.75 Å². The molecule has 0 aliphatic carbocycles. The molecule has 0 aromatic heterocycles. The minimum Gasteiger partial charge on any atom is -0.423 e. The Morgan fingerprint density at radius 1 is 1.05 bits per heavy atom. The van der Waals surface area contributed by atoms with E-state index in [4.69, 9.17) is 16.3 Å². The summed E-state index contributed by atoms with van der Waals surface area (Å²) in [4.78, 5) is 22.8. The zero-order chi connectivity index (χ0) is 15.2. The summed E-state index contributed by atoms with van der Waals surface area (Å²) in [5.41, 5.74) is 1.31. The van der Waals surface area contributed by atoms with E-state index in [1.54, 1.807) is 42.5 Å². The Hall–Kier alpha value is -2.39. The molecule has 0 saturated heterocycles. The molecule has 0 aliphatic rings. The third-order valence-corrected chi connectivity index (χ3v) is 3.13. The van der Waals surface area contributed by atoms with Crippen molar-refractivity contribution in [2.24, 2.45) is 0 Å². The van der Waals surface area contributed by atoms with Crippen LogP contribution in [0.15, 0.2) is 54.6 Å². The highest BCUT2D eigenvalue weighted by Crippen LogP contribution is 2.17.